The Morgan fingerprint density at radius 2 is 2.42 bits per heavy atom. The Morgan fingerprint density at radius 3 is 2.95 bits per heavy atom. The summed E-state index contributed by atoms with van der Waals surface area (Å²) in [6, 6.07) is -0.207. The van der Waals surface area contributed by atoms with Crippen LogP contribution in [0.3, 0.4) is 0 Å². The lowest BCUT2D eigenvalue weighted by molar-refractivity contribution is 0.0949. The number of nitrogens with one attached hydrogen (secondary N) is 1. The standard InChI is InChI=1S/C11H17N3O3S2/c1-7(12)11-14-9(6-18-11)10(15)13-5-8-3-2-4-19(8,16)17/h6-8H,2-5,12H2,1H3,(H,13,15). The molecule has 2 unspecified atom stereocenters. The second-order valence-electron chi connectivity index (χ2n) is 4.70. The lowest BCUT2D eigenvalue weighted by Crippen LogP contribution is -2.34. The molecule has 106 valence electrons. The molecule has 1 saturated heterocycles. The predicted octanol–water partition coefficient (Wildman–Crippen LogP) is 0.470. The smallest absolute Gasteiger partial charge is 0.270 e. The molecule has 2 heterocycles. The van der Waals surface area contributed by atoms with Crippen LogP contribution in [-0.4, -0.2) is 36.9 Å². The number of hydrogen-bond acceptors (Lipinski definition) is 6. The molecule has 0 bridgehead atoms. The number of aromatic nitrogens is 1. The summed E-state index contributed by atoms with van der Waals surface area (Å²) in [5.74, 6) is -0.121. The van der Waals surface area contributed by atoms with Gasteiger partial charge in [0, 0.05) is 11.9 Å². The summed E-state index contributed by atoms with van der Waals surface area (Å²) in [4.78, 5) is 16.0. The maximum Gasteiger partial charge on any atom is 0.270 e. The van der Waals surface area contributed by atoms with Crippen LogP contribution in [0.15, 0.2) is 5.38 Å². The molecule has 1 amide bonds. The normalized spacial score (nSPS) is 23.2. The van der Waals surface area contributed by atoms with Gasteiger partial charge < -0.3 is 11.1 Å². The van der Waals surface area contributed by atoms with Crippen LogP contribution in [0.2, 0.25) is 0 Å². The van der Waals surface area contributed by atoms with Gasteiger partial charge in [0.05, 0.1) is 17.0 Å². The minimum absolute atomic E-state index is 0.159. The molecule has 1 aromatic heterocycles. The van der Waals surface area contributed by atoms with Gasteiger partial charge in [0.15, 0.2) is 9.84 Å². The summed E-state index contributed by atoms with van der Waals surface area (Å²) < 4.78 is 23.2. The van der Waals surface area contributed by atoms with E-state index in [4.69, 9.17) is 5.73 Å². The van der Waals surface area contributed by atoms with Crippen LogP contribution in [-0.2, 0) is 9.84 Å². The van der Waals surface area contributed by atoms with E-state index in [9.17, 15) is 13.2 Å². The van der Waals surface area contributed by atoms with Crippen LogP contribution in [0.5, 0.6) is 0 Å². The number of thiazole rings is 1. The van der Waals surface area contributed by atoms with Gasteiger partial charge in [-0.2, -0.15) is 0 Å². The number of carbonyl (C=O) groups excluding carboxylic acids is 1. The minimum atomic E-state index is -3.03. The molecule has 2 rings (SSSR count). The third-order valence-electron chi connectivity index (χ3n) is 3.10. The van der Waals surface area contributed by atoms with Crippen molar-refractivity contribution in [2.45, 2.75) is 31.1 Å². The first kappa shape index (κ1) is 14.4. The van der Waals surface area contributed by atoms with Crippen molar-refractivity contribution in [3.63, 3.8) is 0 Å². The van der Waals surface area contributed by atoms with Crippen molar-refractivity contribution >= 4 is 27.1 Å². The number of carbonyl (C=O) groups is 1. The summed E-state index contributed by atoms with van der Waals surface area (Å²) in [6.45, 7) is 1.96. The molecule has 3 N–H and O–H groups in total. The number of sulfone groups is 1. The molecule has 19 heavy (non-hydrogen) atoms. The molecule has 8 heteroatoms. The van der Waals surface area contributed by atoms with Crippen molar-refractivity contribution < 1.29 is 13.2 Å². The molecule has 1 aliphatic heterocycles. The quantitative estimate of drug-likeness (QED) is 0.842. The SMILES string of the molecule is CC(N)c1nc(C(=O)NCC2CCCS2(=O)=O)cs1. The molecule has 1 fully saturated rings. The van der Waals surface area contributed by atoms with E-state index in [0.717, 1.165) is 0 Å². The van der Waals surface area contributed by atoms with Crippen LogP contribution in [0.4, 0.5) is 0 Å². The molecule has 2 atom stereocenters. The maximum absolute atomic E-state index is 11.8. The second-order valence-corrected chi connectivity index (χ2v) is 7.99. The van der Waals surface area contributed by atoms with Gasteiger partial charge in [-0.3, -0.25) is 4.79 Å². The molecular weight excluding hydrogens is 286 g/mol. The first-order valence-corrected chi connectivity index (χ1v) is 8.70. The van der Waals surface area contributed by atoms with Gasteiger partial charge in [0.1, 0.15) is 10.7 Å². The van der Waals surface area contributed by atoms with Crippen molar-refractivity contribution in [3.8, 4) is 0 Å². The van der Waals surface area contributed by atoms with E-state index in [1.165, 1.54) is 11.3 Å². The Labute approximate surface area is 116 Å². The van der Waals surface area contributed by atoms with Crippen molar-refractivity contribution in [2.24, 2.45) is 5.73 Å². The fourth-order valence-electron chi connectivity index (χ4n) is 1.99. The Morgan fingerprint density at radius 1 is 1.68 bits per heavy atom. The average molecular weight is 303 g/mol. The van der Waals surface area contributed by atoms with E-state index in [2.05, 4.69) is 10.3 Å². The zero-order valence-corrected chi connectivity index (χ0v) is 12.3. The summed E-state index contributed by atoms with van der Waals surface area (Å²) >= 11 is 1.33. The Kier molecular flexibility index (Phi) is 4.22. The highest BCUT2D eigenvalue weighted by atomic mass is 32.2. The fourth-order valence-corrected chi connectivity index (χ4v) is 4.51. The van der Waals surface area contributed by atoms with Gasteiger partial charge in [-0.1, -0.05) is 0 Å². The van der Waals surface area contributed by atoms with Gasteiger partial charge in [0.2, 0.25) is 0 Å². The Bertz CT molecular complexity index is 565. The summed E-state index contributed by atoms with van der Waals surface area (Å²) in [6.07, 6.45) is 1.29. The molecule has 1 aliphatic rings. The third kappa shape index (κ3) is 3.31. The van der Waals surface area contributed by atoms with E-state index >= 15 is 0 Å². The molecule has 1 aromatic rings. The van der Waals surface area contributed by atoms with Gasteiger partial charge in [-0.15, -0.1) is 11.3 Å². The third-order valence-corrected chi connectivity index (χ3v) is 6.42. The summed E-state index contributed by atoms with van der Waals surface area (Å²) in [7, 11) is -3.03. The van der Waals surface area contributed by atoms with Crippen molar-refractivity contribution in [3.05, 3.63) is 16.1 Å². The molecule has 6 nitrogen and oxygen atoms in total. The van der Waals surface area contributed by atoms with Gasteiger partial charge in [0.25, 0.3) is 5.91 Å². The highest BCUT2D eigenvalue weighted by Gasteiger charge is 2.31. The van der Waals surface area contributed by atoms with E-state index in [1.54, 1.807) is 12.3 Å². The van der Waals surface area contributed by atoms with Crippen LogP contribution >= 0.6 is 11.3 Å². The lowest BCUT2D eigenvalue weighted by Gasteiger charge is -2.09. The van der Waals surface area contributed by atoms with Gasteiger partial charge in [-0.25, -0.2) is 13.4 Å². The monoisotopic (exact) mass is 303 g/mol. The molecule has 0 aliphatic carbocycles. The van der Waals surface area contributed by atoms with Crippen LogP contribution in [0.1, 0.15) is 41.3 Å². The zero-order chi connectivity index (χ0) is 14.0. The largest absolute Gasteiger partial charge is 0.349 e. The highest BCUT2D eigenvalue weighted by Crippen LogP contribution is 2.19. The zero-order valence-electron chi connectivity index (χ0n) is 10.6. The van der Waals surface area contributed by atoms with Crippen molar-refractivity contribution in [2.75, 3.05) is 12.3 Å². The van der Waals surface area contributed by atoms with Crippen LogP contribution in [0, 0.1) is 0 Å². The highest BCUT2D eigenvalue weighted by molar-refractivity contribution is 7.92. The first-order valence-electron chi connectivity index (χ1n) is 6.11. The minimum Gasteiger partial charge on any atom is -0.349 e. The number of rotatable bonds is 4. The van der Waals surface area contributed by atoms with E-state index in [0.29, 0.717) is 23.5 Å². The molecular formula is C11H17N3O3S2. The van der Waals surface area contributed by atoms with Gasteiger partial charge >= 0.3 is 0 Å². The van der Waals surface area contributed by atoms with Crippen molar-refractivity contribution in [1.29, 1.82) is 0 Å². The van der Waals surface area contributed by atoms with Gasteiger partial charge in [-0.05, 0) is 19.8 Å². The topological polar surface area (TPSA) is 102 Å². The number of nitrogens with zero attached hydrogens (tertiary/aromatic N) is 1. The lowest BCUT2D eigenvalue weighted by atomic mass is 10.2. The van der Waals surface area contributed by atoms with E-state index in [-0.39, 0.29) is 24.2 Å². The molecule has 0 spiro atoms. The predicted molar refractivity (Wildman–Crippen MR) is 73.9 cm³/mol. The second kappa shape index (κ2) is 5.56. The van der Waals surface area contributed by atoms with Crippen LogP contribution in [0.25, 0.3) is 0 Å². The fraction of sp³-hybridized carbons (Fsp3) is 0.636. The van der Waals surface area contributed by atoms with Crippen molar-refractivity contribution in [1.82, 2.24) is 10.3 Å². The Balaban J connectivity index is 1.94. The summed E-state index contributed by atoms with van der Waals surface area (Å²) in [5, 5.41) is 4.51. The first-order chi connectivity index (χ1) is 8.90. The average Bonchev–Trinajstić information content (AvgIpc) is 2.92. The number of amides is 1. The maximum atomic E-state index is 11.8. The van der Waals surface area contributed by atoms with Crippen LogP contribution < -0.4 is 11.1 Å². The summed E-state index contributed by atoms with van der Waals surface area (Å²) in [5.41, 5.74) is 5.97. The Hall–Kier alpha value is -0.990. The number of hydrogen-bond donors (Lipinski definition) is 2. The van der Waals surface area contributed by atoms with E-state index < -0.39 is 15.1 Å². The van der Waals surface area contributed by atoms with E-state index in [1.807, 2.05) is 0 Å². The molecule has 0 radical (unpaired) electrons. The number of nitrogens with two attached hydrogens (primary N) is 1. The molecule has 0 aromatic carbocycles. The molecule has 0 saturated carbocycles.